The van der Waals surface area contributed by atoms with Crippen LogP contribution in [0.3, 0.4) is 0 Å². The van der Waals surface area contributed by atoms with Gasteiger partial charge in [-0.3, -0.25) is 4.99 Å². The van der Waals surface area contributed by atoms with Gasteiger partial charge < -0.3 is 4.74 Å². The Hall–Kier alpha value is -2.66. The SMILES string of the molecule is C=CSC(C)=NCCCCCCc1cccc(-c2nc(C=C)c(C=C)nc2OC)c1.CC. The predicted octanol–water partition coefficient (Wildman–Crippen LogP) is 7.86. The fraction of sp³-hybridized carbons (Fsp3) is 0.370. The van der Waals surface area contributed by atoms with Crippen molar-refractivity contribution in [2.75, 3.05) is 13.7 Å². The van der Waals surface area contributed by atoms with Crippen molar-refractivity contribution >= 4 is 29.0 Å². The zero-order valence-electron chi connectivity index (χ0n) is 20.1. The summed E-state index contributed by atoms with van der Waals surface area (Å²) in [6.45, 7) is 18.3. The maximum absolute atomic E-state index is 5.48. The Bertz CT molecular complexity index is 906. The van der Waals surface area contributed by atoms with Gasteiger partial charge >= 0.3 is 0 Å². The molecular weight excluding hydrogens is 414 g/mol. The van der Waals surface area contributed by atoms with E-state index >= 15 is 0 Å². The fourth-order valence-corrected chi connectivity index (χ4v) is 3.55. The monoisotopic (exact) mass is 451 g/mol. The molecule has 172 valence electrons. The Morgan fingerprint density at radius 2 is 1.72 bits per heavy atom. The van der Waals surface area contributed by atoms with E-state index in [1.54, 1.807) is 31.0 Å². The Balaban J connectivity index is 0.00000249. The molecular formula is C27H37N3OS. The van der Waals surface area contributed by atoms with Gasteiger partial charge in [-0.2, -0.15) is 0 Å². The highest BCUT2D eigenvalue weighted by molar-refractivity contribution is 8.16. The molecule has 0 spiro atoms. The number of nitrogens with zero attached hydrogens (tertiary/aromatic N) is 3. The number of rotatable bonds is 12. The molecule has 0 radical (unpaired) electrons. The highest BCUT2D eigenvalue weighted by Gasteiger charge is 2.13. The summed E-state index contributed by atoms with van der Waals surface area (Å²) in [6.07, 6.45) is 9.07. The van der Waals surface area contributed by atoms with Crippen molar-refractivity contribution in [3.8, 4) is 17.1 Å². The molecule has 0 saturated heterocycles. The molecule has 0 aliphatic heterocycles. The number of methoxy groups -OCH3 is 1. The van der Waals surface area contributed by atoms with E-state index in [1.807, 2.05) is 32.2 Å². The summed E-state index contributed by atoms with van der Waals surface area (Å²) in [5.74, 6) is 0.498. The van der Waals surface area contributed by atoms with Gasteiger partial charge in [0.2, 0.25) is 5.88 Å². The smallest absolute Gasteiger partial charge is 0.240 e. The summed E-state index contributed by atoms with van der Waals surface area (Å²) < 4.78 is 5.48. The molecule has 0 aliphatic rings. The first-order valence-electron chi connectivity index (χ1n) is 11.2. The number of aryl methyl sites for hydroxylation is 1. The highest BCUT2D eigenvalue weighted by Crippen LogP contribution is 2.29. The van der Waals surface area contributed by atoms with Crippen molar-refractivity contribution in [3.05, 3.63) is 66.4 Å². The molecule has 0 N–H and O–H groups in total. The second-order valence-electron chi connectivity index (χ2n) is 6.81. The van der Waals surface area contributed by atoms with Crippen LogP contribution in [0.1, 0.15) is 63.4 Å². The van der Waals surface area contributed by atoms with Crippen LogP contribution in [0.5, 0.6) is 5.88 Å². The van der Waals surface area contributed by atoms with Crippen LogP contribution < -0.4 is 4.74 Å². The van der Waals surface area contributed by atoms with Crippen molar-refractivity contribution in [3.63, 3.8) is 0 Å². The standard InChI is InChI=1S/C25H31N3OS.C2H6/c1-6-22-23(7-2)28-25(29-5)24(27-22)21-16-13-15-20(18-21)14-11-9-10-12-17-26-19(4)30-8-3;1-2/h6-8,13,15-16,18H,1-3,9-12,14,17H2,4-5H3;1-2H3. The number of aromatic nitrogens is 2. The van der Waals surface area contributed by atoms with Gasteiger partial charge in [0.15, 0.2) is 0 Å². The van der Waals surface area contributed by atoms with Crippen LogP contribution in [-0.2, 0) is 6.42 Å². The summed E-state index contributed by atoms with van der Waals surface area (Å²) in [4.78, 5) is 13.8. The molecule has 0 atom stereocenters. The zero-order valence-corrected chi connectivity index (χ0v) is 20.9. The van der Waals surface area contributed by atoms with Crippen molar-refractivity contribution in [1.82, 2.24) is 9.97 Å². The third-order valence-corrected chi connectivity index (χ3v) is 5.30. The number of hydrogen-bond acceptors (Lipinski definition) is 5. The highest BCUT2D eigenvalue weighted by atomic mass is 32.2. The first-order valence-corrected chi connectivity index (χ1v) is 12.1. The lowest BCUT2D eigenvalue weighted by molar-refractivity contribution is 0.397. The fourth-order valence-electron chi connectivity index (χ4n) is 3.14. The molecule has 0 unspecified atom stereocenters. The van der Waals surface area contributed by atoms with E-state index in [0.717, 1.165) is 42.1 Å². The van der Waals surface area contributed by atoms with Gasteiger partial charge in [-0.15, -0.1) is 0 Å². The molecule has 0 bridgehead atoms. The molecule has 2 rings (SSSR count). The molecule has 0 amide bonds. The van der Waals surface area contributed by atoms with E-state index in [4.69, 9.17) is 9.72 Å². The van der Waals surface area contributed by atoms with Crippen LogP contribution in [-0.4, -0.2) is 28.7 Å². The predicted molar refractivity (Wildman–Crippen MR) is 143 cm³/mol. The average Bonchev–Trinajstić information content (AvgIpc) is 2.84. The van der Waals surface area contributed by atoms with Crippen LogP contribution in [0.25, 0.3) is 23.4 Å². The van der Waals surface area contributed by atoms with E-state index < -0.39 is 0 Å². The summed E-state index contributed by atoms with van der Waals surface area (Å²) in [6, 6.07) is 8.44. The van der Waals surface area contributed by atoms with E-state index in [2.05, 4.69) is 47.9 Å². The Morgan fingerprint density at radius 3 is 2.38 bits per heavy atom. The Kier molecular flexibility index (Phi) is 13.7. The van der Waals surface area contributed by atoms with Crippen molar-refractivity contribution < 1.29 is 4.74 Å². The van der Waals surface area contributed by atoms with Crippen LogP contribution in [0.15, 0.2) is 54.4 Å². The third kappa shape index (κ3) is 8.83. The minimum Gasteiger partial charge on any atom is -0.479 e. The first kappa shape index (κ1) is 27.4. The molecule has 0 saturated carbocycles. The molecule has 1 aromatic carbocycles. The van der Waals surface area contributed by atoms with Gasteiger partial charge in [-0.1, -0.05) is 76.4 Å². The van der Waals surface area contributed by atoms with E-state index in [0.29, 0.717) is 17.3 Å². The number of aliphatic imine (C=N–C) groups is 1. The van der Waals surface area contributed by atoms with E-state index in [-0.39, 0.29) is 0 Å². The maximum atomic E-state index is 5.48. The summed E-state index contributed by atoms with van der Waals surface area (Å²) >= 11 is 1.59. The lowest BCUT2D eigenvalue weighted by Crippen LogP contribution is -2.00. The van der Waals surface area contributed by atoms with Gasteiger partial charge in [0.25, 0.3) is 0 Å². The molecule has 32 heavy (non-hydrogen) atoms. The van der Waals surface area contributed by atoms with Crippen LogP contribution in [0.4, 0.5) is 0 Å². The lowest BCUT2D eigenvalue weighted by atomic mass is 10.0. The molecule has 1 aromatic heterocycles. The topological polar surface area (TPSA) is 47.4 Å². The molecule has 0 aliphatic carbocycles. The largest absolute Gasteiger partial charge is 0.479 e. The van der Waals surface area contributed by atoms with Gasteiger partial charge in [-0.05, 0) is 55.4 Å². The third-order valence-electron chi connectivity index (χ3n) is 4.66. The van der Waals surface area contributed by atoms with Crippen LogP contribution >= 0.6 is 11.8 Å². The summed E-state index contributed by atoms with van der Waals surface area (Å²) in [5.41, 5.74) is 4.39. The van der Waals surface area contributed by atoms with Crippen molar-refractivity contribution in [1.29, 1.82) is 0 Å². The van der Waals surface area contributed by atoms with E-state index in [1.165, 1.54) is 18.4 Å². The van der Waals surface area contributed by atoms with E-state index in [9.17, 15) is 0 Å². The minimum atomic E-state index is 0.498. The van der Waals surface area contributed by atoms with Gasteiger partial charge in [0, 0.05) is 12.1 Å². The van der Waals surface area contributed by atoms with Gasteiger partial charge in [-0.25, -0.2) is 9.97 Å². The second-order valence-corrected chi connectivity index (χ2v) is 7.97. The zero-order chi connectivity index (χ0) is 23.8. The lowest BCUT2D eigenvalue weighted by Gasteiger charge is -2.11. The van der Waals surface area contributed by atoms with Gasteiger partial charge in [0.05, 0.1) is 23.5 Å². The van der Waals surface area contributed by atoms with Crippen molar-refractivity contribution in [2.24, 2.45) is 4.99 Å². The average molecular weight is 452 g/mol. The number of thioether (sulfide) groups is 1. The Labute approximate surface area is 198 Å². The quantitative estimate of drug-likeness (QED) is 0.187. The summed E-state index contributed by atoms with van der Waals surface area (Å²) in [7, 11) is 1.61. The molecule has 5 heteroatoms. The number of ether oxygens (including phenoxy) is 1. The van der Waals surface area contributed by atoms with Crippen molar-refractivity contribution in [2.45, 2.75) is 52.9 Å². The summed E-state index contributed by atoms with van der Waals surface area (Å²) in [5, 5.41) is 2.90. The first-order chi connectivity index (χ1) is 15.6. The second kappa shape index (κ2) is 16.0. The minimum absolute atomic E-state index is 0.498. The van der Waals surface area contributed by atoms with Gasteiger partial charge in [0.1, 0.15) is 5.69 Å². The molecule has 0 fully saturated rings. The normalized spacial score (nSPS) is 10.7. The molecule has 4 nitrogen and oxygen atoms in total. The number of benzene rings is 1. The number of unbranched alkanes of at least 4 members (excludes halogenated alkanes) is 3. The Morgan fingerprint density at radius 1 is 1.03 bits per heavy atom. The maximum Gasteiger partial charge on any atom is 0.240 e. The molecule has 2 aromatic rings. The van der Waals surface area contributed by atoms with Crippen LogP contribution in [0.2, 0.25) is 0 Å². The number of hydrogen-bond donors (Lipinski definition) is 0. The van der Waals surface area contributed by atoms with Crippen LogP contribution in [0, 0.1) is 0 Å². The molecule has 1 heterocycles.